The fraction of sp³-hybridized carbons (Fsp3) is 0.579. The molecule has 2 amide bonds. The Kier molecular flexibility index (Phi) is 5.19. The fourth-order valence-corrected chi connectivity index (χ4v) is 3.72. The highest BCUT2D eigenvalue weighted by atomic mass is 16.2. The van der Waals surface area contributed by atoms with E-state index in [1.165, 1.54) is 11.1 Å². The van der Waals surface area contributed by atoms with Crippen LogP contribution in [-0.2, 0) is 16.1 Å². The van der Waals surface area contributed by atoms with E-state index in [1.54, 1.807) is 0 Å². The summed E-state index contributed by atoms with van der Waals surface area (Å²) in [6.45, 7) is 6.72. The molecule has 1 aromatic rings. The number of carbonyl (C=O) groups excluding carboxylic acids is 2. The van der Waals surface area contributed by atoms with Crippen molar-refractivity contribution in [2.45, 2.75) is 26.3 Å². The van der Waals surface area contributed by atoms with Crippen molar-refractivity contribution in [3.8, 4) is 0 Å². The minimum Gasteiger partial charge on any atom is -0.345 e. The molecule has 2 saturated heterocycles. The van der Waals surface area contributed by atoms with Crippen molar-refractivity contribution in [3.63, 3.8) is 0 Å². The van der Waals surface area contributed by atoms with Gasteiger partial charge in [-0.05, 0) is 24.8 Å². The zero-order valence-corrected chi connectivity index (χ0v) is 14.7. The van der Waals surface area contributed by atoms with Gasteiger partial charge in [0.1, 0.15) is 0 Å². The standard InChI is InChI=1S/C19H27N3O2/c1-15-4-3-5-16(10-15)13-22-9-8-21(14-19(22)24)12-17-6-7-18(23)20(2)11-17/h3-5,10,17H,6-9,11-14H2,1-2H3. The van der Waals surface area contributed by atoms with Gasteiger partial charge in [0, 0.05) is 46.2 Å². The molecule has 0 N–H and O–H groups in total. The van der Waals surface area contributed by atoms with Gasteiger partial charge in [0.2, 0.25) is 11.8 Å². The summed E-state index contributed by atoms with van der Waals surface area (Å²) in [5.41, 5.74) is 2.43. The van der Waals surface area contributed by atoms with Crippen molar-refractivity contribution >= 4 is 11.8 Å². The Hall–Kier alpha value is -1.88. The Bertz CT molecular complexity index is 616. The fourth-order valence-electron chi connectivity index (χ4n) is 3.72. The van der Waals surface area contributed by atoms with Gasteiger partial charge in [-0.3, -0.25) is 14.5 Å². The molecule has 2 aliphatic rings. The third kappa shape index (κ3) is 4.15. The van der Waals surface area contributed by atoms with E-state index in [4.69, 9.17) is 0 Å². The Balaban J connectivity index is 1.50. The van der Waals surface area contributed by atoms with Gasteiger partial charge in [-0.2, -0.15) is 0 Å². The maximum atomic E-state index is 12.5. The molecule has 3 rings (SSSR count). The maximum absolute atomic E-state index is 12.5. The zero-order valence-electron chi connectivity index (χ0n) is 14.7. The molecule has 1 aromatic carbocycles. The van der Waals surface area contributed by atoms with Gasteiger partial charge in [-0.15, -0.1) is 0 Å². The van der Waals surface area contributed by atoms with Crippen molar-refractivity contribution in [2.75, 3.05) is 39.8 Å². The summed E-state index contributed by atoms with van der Waals surface area (Å²) in [6, 6.07) is 8.36. The maximum Gasteiger partial charge on any atom is 0.237 e. The van der Waals surface area contributed by atoms with Crippen molar-refractivity contribution in [1.82, 2.24) is 14.7 Å². The van der Waals surface area contributed by atoms with E-state index < -0.39 is 0 Å². The van der Waals surface area contributed by atoms with Gasteiger partial charge in [-0.25, -0.2) is 0 Å². The van der Waals surface area contributed by atoms with Crippen LogP contribution >= 0.6 is 0 Å². The van der Waals surface area contributed by atoms with Crippen LogP contribution in [0.2, 0.25) is 0 Å². The van der Waals surface area contributed by atoms with Gasteiger partial charge in [0.15, 0.2) is 0 Å². The molecule has 2 fully saturated rings. The molecule has 0 radical (unpaired) electrons. The van der Waals surface area contributed by atoms with Crippen LogP contribution in [0.15, 0.2) is 24.3 Å². The quantitative estimate of drug-likeness (QED) is 0.841. The summed E-state index contributed by atoms with van der Waals surface area (Å²) in [5.74, 6) is 0.942. The van der Waals surface area contributed by atoms with Crippen molar-refractivity contribution in [2.24, 2.45) is 5.92 Å². The molecule has 1 unspecified atom stereocenters. The number of piperazine rings is 1. The number of benzene rings is 1. The second-order valence-electron chi connectivity index (χ2n) is 7.22. The van der Waals surface area contributed by atoms with E-state index in [2.05, 4.69) is 30.0 Å². The molecule has 0 saturated carbocycles. The lowest BCUT2D eigenvalue weighted by Crippen LogP contribution is -2.52. The molecule has 24 heavy (non-hydrogen) atoms. The van der Waals surface area contributed by atoms with Crippen LogP contribution in [-0.4, -0.2) is 66.3 Å². The molecular formula is C19H27N3O2. The zero-order chi connectivity index (χ0) is 17.1. The van der Waals surface area contributed by atoms with E-state index in [1.807, 2.05) is 22.9 Å². The molecular weight excluding hydrogens is 302 g/mol. The normalized spacial score (nSPS) is 23.0. The monoisotopic (exact) mass is 329 g/mol. The summed E-state index contributed by atoms with van der Waals surface area (Å²) in [5, 5.41) is 0. The van der Waals surface area contributed by atoms with E-state index in [0.29, 0.717) is 25.4 Å². The van der Waals surface area contributed by atoms with Crippen LogP contribution in [0.3, 0.4) is 0 Å². The van der Waals surface area contributed by atoms with Crippen LogP contribution in [0.25, 0.3) is 0 Å². The van der Waals surface area contributed by atoms with Gasteiger partial charge in [0.05, 0.1) is 6.54 Å². The second-order valence-corrected chi connectivity index (χ2v) is 7.22. The summed E-state index contributed by atoms with van der Waals surface area (Å²) in [4.78, 5) is 30.1. The lowest BCUT2D eigenvalue weighted by atomic mass is 9.97. The molecule has 5 nitrogen and oxygen atoms in total. The van der Waals surface area contributed by atoms with E-state index in [0.717, 1.165) is 32.6 Å². The van der Waals surface area contributed by atoms with Crippen LogP contribution in [0.1, 0.15) is 24.0 Å². The number of carbonyl (C=O) groups is 2. The minimum atomic E-state index is 0.211. The highest BCUT2D eigenvalue weighted by molar-refractivity contribution is 5.79. The number of hydrogen-bond acceptors (Lipinski definition) is 3. The van der Waals surface area contributed by atoms with Crippen LogP contribution < -0.4 is 0 Å². The van der Waals surface area contributed by atoms with Crippen LogP contribution in [0.4, 0.5) is 0 Å². The van der Waals surface area contributed by atoms with E-state index in [9.17, 15) is 9.59 Å². The highest BCUT2D eigenvalue weighted by Crippen LogP contribution is 2.19. The van der Waals surface area contributed by atoms with Crippen LogP contribution in [0, 0.1) is 12.8 Å². The van der Waals surface area contributed by atoms with Crippen molar-refractivity contribution in [3.05, 3.63) is 35.4 Å². The van der Waals surface area contributed by atoms with Crippen molar-refractivity contribution < 1.29 is 9.59 Å². The second kappa shape index (κ2) is 7.34. The SMILES string of the molecule is Cc1cccc(CN2CCN(CC3CCC(=O)N(C)C3)CC2=O)c1. The largest absolute Gasteiger partial charge is 0.345 e. The molecule has 0 aliphatic carbocycles. The molecule has 5 heteroatoms. The molecule has 130 valence electrons. The molecule has 2 aliphatic heterocycles. The first-order valence-electron chi connectivity index (χ1n) is 8.81. The average Bonchev–Trinajstić information content (AvgIpc) is 2.54. The highest BCUT2D eigenvalue weighted by Gasteiger charge is 2.28. The molecule has 0 bridgehead atoms. The number of piperidine rings is 1. The van der Waals surface area contributed by atoms with Crippen molar-refractivity contribution in [1.29, 1.82) is 0 Å². The summed E-state index contributed by atoms with van der Waals surface area (Å²) in [7, 11) is 1.87. The number of likely N-dealkylation sites (tertiary alicyclic amines) is 1. The number of nitrogens with zero attached hydrogens (tertiary/aromatic N) is 3. The summed E-state index contributed by atoms with van der Waals surface area (Å²) < 4.78 is 0. The first kappa shape index (κ1) is 17.0. The number of amides is 2. The van der Waals surface area contributed by atoms with Gasteiger partial charge >= 0.3 is 0 Å². The lowest BCUT2D eigenvalue weighted by Gasteiger charge is -2.38. The van der Waals surface area contributed by atoms with Gasteiger partial charge in [0.25, 0.3) is 0 Å². The smallest absolute Gasteiger partial charge is 0.237 e. The third-order valence-electron chi connectivity index (χ3n) is 5.09. The number of rotatable bonds is 4. The van der Waals surface area contributed by atoms with Crippen LogP contribution in [0.5, 0.6) is 0 Å². The van der Waals surface area contributed by atoms with Gasteiger partial charge < -0.3 is 9.80 Å². The van der Waals surface area contributed by atoms with E-state index in [-0.39, 0.29) is 11.8 Å². The molecule has 2 heterocycles. The topological polar surface area (TPSA) is 43.9 Å². The first-order valence-corrected chi connectivity index (χ1v) is 8.81. The minimum absolute atomic E-state index is 0.211. The third-order valence-corrected chi connectivity index (χ3v) is 5.09. The average molecular weight is 329 g/mol. The Morgan fingerprint density at radius 3 is 2.71 bits per heavy atom. The Morgan fingerprint density at radius 2 is 2.00 bits per heavy atom. The molecule has 0 spiro atoms. The Labute approximate surface area is 144 Å². The number of aryl methyl sites for hydroxylation is 1. The van der Waals surface area contributed by atoms with E-state index >= 15 is 0 Å². The summed E-state index contributed by atoms with van der Waals surface area (Å²) in [6.07, 6.45) is 1.59. The molecule has 0 aromatic heterocycles. The van der Waals surface area contributed by atoms with Gasteiger partial charge in [-0.1, -0.05) is 29.8 Å². The predicted octanol–water partition coefficient (Wildman–Crippen LogP) is 1.51. The summed E-state index contributed by atoms with van der Waals surface area (Å²) >= 11 is 0. The Morgan fingerprint density at radius 1 is 1.17 bits per heavy atom. The first-order chi connectivity index (χ1) is 11.5. The predicted molar refractivity (Wildman–Crippen MR) is 93.4 cm³/mol. The lowest BCUT2D eigenvalue weighted by molar-refractivity contribution is -0.138. The molecule has 1 atom stereocenters. The number of hydrogen-bond donors (Lipinski definition) is 0.